The Hall–Kier alpha value is -2.09. The maximum Gasteiger partial charge on any atom is 0.271 e. The fourth-order valence-corrected chi connectivity index (χ4v) is 4.62. The molecule has 1 unspecified atom stereocenters. The Morgan fingerprint density at radius 1 is 1.14 bits per heavy atom. The number of anilines is 1. The third kappa shape index (κ3) is 5.50. The number of sulfonamides is 1. The third-order valence-corrected chi connectivity index (χ3v) is 6.70. The van der Waals surface area contributed by atoms with Crippen LogP contribution in [0.4, 0.5) is 5.69 Å². The lowest BCUT2D eigenvalue weighted by Crippen LogP contribution is -2.24. The third-order valence-electron chi connectivity index (χ3n) is 4.77. The lowest BCUT2D eigenvalue weighted by Gasteiger charge is -2.19. The average molecular weight is 454 g/mol. The summed E-state index contributed by atoms with van der Waals surface area (Å²) in [6, 6.07) is 10.2. The van der Waals surface area contributed by atoms with Gasteiger partial charge in [-0.15, -0.1) is 0 Å². The smallest absolute Gasteiger partial charge is 0.271 e. The molecule has 0 bridgehead atoms. The van der Waals surface area contributed by atoms with E-state index in [4.69, 9.17) is 23.2 Å². The molecule has 2 N–H and O–H groups in total. The summed E-state index contributed by atoms with van der Waals surface area (Å²) < 4.78 is 27.8. The minimum absolute atomic E-state index is 0.0696. The first-order chi connectivity index (χ1) is 13.8. The lowest BCUT2D eigenvalue weighted by molar-refractivity contribution is 0.0954. The molecule has 0 radical (unpaired) electrons. The Labute approximate surface area is 180 Å². The van der Waals surface area contributed by atoms with Crippen LogP contribution in [0.2, 0.25) is 10.0 Å². The fraction of sp³-hybridized carbons (Fsp3) is 0.300. The Morgan fingerprint density at radius 2 is 1.93 bits per heavy atom. The summed E-state index contributed by atoms with van der Waals surface area (Å²) in [6.07, 6.45) is 4.14. The molecule has 1 fully saturated rings. The number of hydrogen-bond acceptors (Lipinski definition) is 4. The summed E-state index contributed by atoms with van der Waals surface area (Å²) >= 11 is 11.9. The van der Waals surface area contributed by atoms with Gasteiger partial charge in [0.15, 0.2) is 0 Å². The molecule has 0 spiro atoms. The summed E-state index contributed by atoms with van der Waals surface area (Å²) in [6.45, 7) is 2.09. The Morgan fingerprint density at radius 3 is 2.69 bits per heavy atom. The molecular weight excluding hydrogens is 433 g/mol. The number of nitrogens with one attached hydrogen (secondary N) is 2. The highest BCUT2D eigenvalue weighted by atomic mass is 35.5. The van der Waals surface area contributed by atoms with Crippen LogP contribution in [0.25, 0.3) is 0 Å². The number of hydrogen-bond donors (Lipinski definition) is 2. The first-order valence-electron chi connectivity index (χ1n) is 9.21. The topological polar surface area (TPSA) is 87.6 Å². The number of carbonyl (C=O) groups is 1. The number of halogens is 2. The van der Waals surface area contributed by atoms with Crippen molar-refractivity contribution in [3.63, 3.8) is 0 Å². The molecule has 1 saturated carbocycles. The Balaban J connectivity index is 1.78. The van der Waals surface area contributed by atoms with Crippen LogP contribution >= 0.6 is 23.2 Å². The fourth-order valence-electron chi connectivity index (χ4n) is 3.11. The minimum Gasteiger partial charge on any atom is -0.278 e. The van der Waals surface area contributed by atoms with Crippen LogP contribution in [-0.4, -0.2) is 20.0 Å². The normalized spacial score (nSPS) is 18.4. The number of hydrazone groups is 1. The van der Waals surface area contributed by atoms with Crippen molar-refractivity contribution >= 4 is 50.5 Å². The minimum atomic E-state index is -3.96. The maximum absolute atomic E-state index is 12.7. The van der Waals surface area contributed by atoms with E-state index in [0.717, 1.165) is 31.4 Å². The molecule has 1 aliphatic rings. The molecule has 1 atom stereocenters. The highest BCUT2D eigenvalue weighted by molar-refractivity contribution is 7.92. The zero-order valence-corrected chi connectivity index (χ0v) is 18.1. The van der Waals surface area contributed by atoms with Crippen LogP contribution in [0, 0.1) is 5.92 Å². The molecule has 29 heavy (non-hydrogen) atoms. The number of benzene rings is 2. The monoisotopic (exact) mass is 453 g/mol. The van der Waals surface area contributed by atoms with Crippen LogP contribution in [-0.2, 0) is 10.0 Å². The SMILES string of the molecule is CC1CCCC/C1=N/NC(=O)c1cccc(S(=O)(=O)Nc2cc(Cl)ccc2Cl)c1. The Bertz CT molecular complexity index is 1050. The number of rotatable bonds is 5. The van der Waals surface area contributed by atoms with Gasteiger partial charge in [0.2, 0.25) is 0 Å². The quantitative estimate of drug-likeness (QED) is 0.617. The number of carbonyl (C=O) groups excluding carboxylic acids is 1. The summed E-state index contributed by atoms with van der Waals surface area (Å²) in [4.78, 5) is 12.4. The number of nitrogens with zero attached hydrogens (tertiary/aromatic N) is 1. The van der Waals surface area contributed by atoms with E-state index in [0.29, 0.717) is 10.9 Å². The first-order valence-corrected chi connectivity index (χ1v) is 11.4. The van der Waals surface area contributed by atoms with E-state index in [1.807, 2.05) is 0 Å². The molecular formula is C20H21Cl2N3O3S. The van der Waals surface area contributed by atoms with Crippen molar-refractivity contribution in [2.24, 2.45) is 11.0 Å². The molecule has 154 valence electrons. The van der Waals surface area contributed by atoms with Gasteiger partial charge >= 0.3 is 0 Å². The summed E-state index contributed by atoms with van der Waals surface area (Å²) in [7, 11) is -3.96. The summed E-state index contributed by atoms with van der Waals surface area (Å²) in [5, 5.41) is 4.80. The van der Waals surface area contributed by atoms with Crippen molar-refractivity contribution in [1.29, 1.82) is 0 Å². The van der Waals surface area contributed by atoms with Gasteiger partial charge in [0.25, 0.3) is 15.9 Å². The van der Waals surface area contributed by atoms with Crippen molar-refractivity contribution in [3.05, 3.63) is 58.1 Å². The van der Waals surface area contributed by atoms with Gasteiger partial charge in [-0.1, -0.05) is 42.6 Å². The maximum atomic E-state index is 12.7. The standard InChI is InChI=1S/C20H21Cl2N3O3S/c1-13-5-2-3-8-18(13)23-24-20(26)14-6-4-7-16(11-14)29(27,28)25-19-12-15(21)9-10-17(19)22/h4,6-7,9-13,25H,2-3,5,8H2,1H3,(H,24,26)/b23-18-. The second-order valence-electron chi connectivity index (χ2n) is 6.95. The zero-order chi connectivity index (χ0) is 21.0. The van der Waals surface area contributed by atoms with Crippen molar-refractivity contribution in [2.45, 2.75) is 37.5 Å². The van der Waals surface area contributed by atoms with Crippen LogP contribution in [0.5, 0.6) is 0 Å². The molecule has 2 aromatic carbocycles. The van der Waals surface area contributed by atoms with E-state index < -0.39 is 15.9 Å². The van der Waals surface area contributed by atoms with Crippen molar-refractivity contribution in [2.75, 3.05) is 4.72 Å². The summed E-state index contributed by atoms with van der Waals surface area (Å²) in [5.41, 5.74) is 3.85. The van der Waals surface area contributed by atoms with E-state index in [-0.39, 0.29) is 21.2 Å². The van der Waals surface area contributed by atoms with E-state index in [2.05, 4.69) is 22.2 Å². The van der Waals surface area contributed by atoms with Crippen molar-refractivity contribution in [1.82, 2.24) is 5.43 Å². The highest BCUT2D eigenvalue weighted by Gasteiger charge is 2.19. The molecule has 3 rings (SSSR count). The van der Waals surface area contributed by atoms with Gasteiger partial charge in [-0.3, -0.25) is 9.52 Å². The van der Waals surface area contributed by atoms with Crippen LogP contribution < -0.4 is 10.1 Å². The van der Waals surface area contributed by atoms with Gasteiger partial charge in [0, 0.05) is 16.3 Å². The molecule has 1 amide bonds. The molecule has 0 aliphatic heterocycles. The Kier molecular flexibility index (Phi) is 6.82. The van der Waals surface area contributed by atoms with Gasteiger partial charge in [0.1, 0.15) is 0 Å². The predicted octanol–water partition coefficient (Wildman–Crippen LogP) is 5.09. The molecule has 1 aliphatic carbocycles. The van der Waals surface area contributed by atoms with Crippen molar-refractivity contribution in [3.8, 4) is 0 Å². The highest BCUT2D eigenvalue weighted by Crippen LogP contribution is 2.28. The van der Waals surface area contributed by atoms with Gasteiger partial charge in [0.05, 0.1) is 15.6 Å². The van der Waals surface area contributed by atoms with Gasteiger partial charge in [-0.25, -0.2) is 13.8 Å². The molecule has 0 aromatic heterocycles. The van der Waals surface area contributed by atoms with Crippen molar-refractivity contribution < 1.29 is 13.2 Å². The van der Waals surface area contributed by atoms with E-state index in [1.54, 1.807) is 6.07 Å². The first kappa shape index (κ1) is 21.6. The molecule has 2 aromatic rings. The second kappa shape index (κ2) is 9.15. The van der Waals surface area contributed by atoms with E-state index in [1.165, 1.54) is 36.4 Å². The summed E-state index contributed by atoms with van der Waals surface area (Å²) in [5.74, 6) is -0.129. The zero-order valence-electron chi connectivity index (χ0n) is 15.8. The van der Waals surface area contributed by atoms with Crippen LogP contribution in [0.15, 0.2) is 52.5 Å². The van der Waals surface area contributed by atoms with Gasteiger partial charge in [-0.05, 0) is 61.6 Å². The average Bonchev–Trinajstić information content (AvgIpc) is 2.70. The van der Waals surface area contributed by atoms with Crippen LogP contribution in [0.1, 0.15) is 43.0 Å². The molecule has 0 saturated heterocycles. The van der Waals surface area contributed by atoms with Gasteiger partial charge < -0.3 is 0 Å². The molecule has 9 heteroatoms. The van der Waals surface area contributed by atoms with Crippen LogP contribution in [0.3, 0.4) is 0 Å². The lowest BCUT2D eigenvalue weighted by atomic mass is 9.89. The van der Waals surface area contributed by atoms with E-state index >= 15 is 0 Å². The largest absolute Gasteiger partial charge is 0.278 e. The number of amides is 1. The second-order valence-corrected chi connectivity index (χ2v) is 9.47. The predicted molar refractivity (Wildman–Crippen MR) is 116 cm³/mol. The molecule has 0 heterocycles. The van der Waals surface area contributed by atoms with E-state index in [9.17, 15) is 13.2 Å². The molecule has 6 nitrogen and oxygen atoms in total. The van der Waals surface area contributed by atoms with Gasteiger partial charge in [-0.2, -0.15) is 5.10 Å².